The van der Waals surface area contributed by atoms with Crippen molar-refractivity contribution in [3.8, 4) is 0 Å². The number of pyridine rings is 1. The second-order valence-electron chi connectivity index (χ2n) is 3.95. The summed E-state index contributed by atoms with van der Waals surface area (Å²) in [5, 5.41) is 2.69. The largest absolute Gasteiger partial charge is 0.378 e. The molecule has 1 aliphatic rings. The summed E-state index contributed by atoms with van der Waals surface area (Å²) in [6.07, 6.45) is 1.64. The van der Waals surface area contributed by atoms with Gasteiger partial charge in [-0.3, -0.25) is 4.79 Å². The van der Waals surface area contributed by atoms with Crippen LogP contribution in [0.5, 0.6) is 0 Å². The molecular formula is C13H10ClN3O. The molecule has 18 heavy (non-hydrogen) atoms. The Bertz CT molecular complexity index is 567. The third-order valence-corrected chi connectivity index (χ3v) is 3.05. The SMILES string of the molecule is O=C(Cl)N1c2ccccc2CNc2cccnc21. The highest BCUT2D eigenvalue weighted by atomic mass is 35.5. The van der Waals surface area contributed by atoms with Crippen LogP contribution in [-0.2, 0) is 6.54 Å². The summed E-state index contributed by atoms with van der Waals surface area (Å²) in [4.78, 5) is 17.4. The standard InChI is InChI=1S/C13H10ClN3O/c14-13(18)17-11-6-2-1-4-9(11)8-16-10-5-3-7-15-12(10)17/h1-7,16H,8H2. The molecule has 0 fully saturated rings. The van der Waals surface area contributed by atoms with Crippen LogP contribution in [0.1, 0.15) is 5.56 Å². The first-order valence-corrected chi connectivity index (χ1v) is 5.91. The molecule has 0 saturated heterocycles. The average molecular weight is 260 g/mol. The van der Waals surface area contributed by atoms with Crippen LogP contribution in [-0.4, -0.2) is 10.4 Å². The van der Waals surface area contributed by atoms with E-state index in [1.807, 2.05) is 36.4 Å². The summed E-state index contributed by atoms with van der Waals surface area (Å²) in [5.74, 6) is 0.530. The molecule has 1 N–H and O–H groups in total. The van der Waals surface area contributed by atoms with Crippen molar-refractivity contribution in [1.82, 2.24) is 4.98 Å². The number of carbonyl (C=O) groups excluding carboxylic acids is 1. The fourth-order valence-electron chi connectivity index (χ4n) is 2.07. The van der Waals surface area contributed by atoms with Gasteiger partial charge in [0.1, 0.15) is 0 Å². The van der Waals surface area contributed by atoms with E-state index in [1.165, 1.54) is 4.90 Å². The summed E-state index contributed by atoms with van der Waals surface area (Å²) >= 11 is 5.70. The molecule has 2 aromatic rings. The average Bonchev–Trinajstić information content (AvgIpc) is 2.55. The van der Waals surface area contributed by atoms with Crippen LogP contribution in [0.3, 0.4) is 0 Å². The molecule has 0 radical (unpaired) electrons. The monoisotopic (exact) mass is 259 g/mol. The van der Waals surface area contributed by atoms with Crippen molar-refractivity contribution in [1.29, 1.82) is 0 Å². The number of nitrogens with one attached hydrogen (secondary N) is 1. The van der Waals surface area contributed by atoms with E-state index in [0.717, 1.165) is 16.9 Å². The zero-order valence-corrected chi connectivity index (χ0v) is 10.2. The number of nitrogens with zero attached hydrogens (tertiary/aromatic N) is 2. The Morgan fingerprint density at radius 3 is 2.94 bits per heavy atom. The van der Waals surface area contributed by atoms with Gasteiger partial charge in [0.05, 0.1) is 11.4 Å². The molecule has 5 heteroatoms. The number of fused-ring (bicyclic) bond motifs is 2. The summed E-state index contributed by atoms with van der Waals surface area (Å²) in [7, 11) is 0. The Balaban J connectivity index is 2.24. The number of hydrogen-bond donors (Lipinski definition) is 1. The minimum absolute atomic E-state index is 0.530. The van der Waals surface area contributed by atoms with E-state index >= 15 is 0 Å². The van der Waals surface area contributed by atoms with E-state index in [2.05, 4.69) is 10.3 Å². The van der Waals surface area contributed by atoms with Gasteiger partial charge in [0.25, 0.3) is 0 Å². The van der Waals surface area contributed by atoms with Crippen molar-refractivity contribution in [3.05, 3.63) is 48.2 Å². The van der Waals surface area contributed by atoms with Gasteiger partial charge in [0.15, 0.2) is 5.82 Å². The lowest BCUT2D eigenvalue weighted by Gasteiger charge is -2.19. The van der Waals surface area contributed by atoms with Gasteiger partial charge in [-0.05, 0) is 35.4 Å². The minimum atomic E-state index is -0.564. The number of carbonyl (C=O) groups is 1. The van der Waals surface area contributed by atoms with Gasteiger partial charge in [-0.1, -0.05) is 18.2 Å². The third kappa shape index (κ3) is 1.71. The van der Waals surface area contributed by atoms with E-state index in [0.29, 0.717) is 12.4 Å². The van der Waals surface area contributed by atoms with Crippen LogP contribution in [0.2, 0.25) is 0 Å². The molecule has 1 aromatic carbocycles. The maximum absolute atomic E-state index is 11.7. The number of amides is 1. The number of hydrogen-bond acceptors (Lipinski definition) is 3. The molecule has 0 aliphatic carbocycles. The number of halogens is 1. The molecule has 0 unspecified atom stereocenters. The zero-order chi connectivity index (χ0) is 12.5. The van der Waals surface area contributed by atoms with Crippen molar-refractivity contribution in [2.75, 3.05) is 10.2 Å². The number of aromatic nitrogens is 1. The summed E-state index contributed by atoms with van der Waals surface area (Å²) < 4.78 is 0. The second-order valence-corrected chi connectivity index (χ2v) is 4.27. The first-order valence-electron chi connectivity index (χ1n) is 5.54. The molecule has 1 aromatic heterocycles. The van der Waals surface area contributed by atoms with Crippen LogP contribution in [0.25, 0.3) is 0 Å². The zero-order valence-electron chi connectivity index (χ0n) is 9.43. The predicted molar refractivity (Wildman–Crippen MR) is 71.4 cm³/mol. The lowest BCUT2D eigenvalue weighted by molar-refractivity contribution is 0.266. The number of benzene rings is 1. The fourth-order valence-corrected chi connectivity index (χ4v) is 2.25. The van der Waals surface area contributed by atoms with Gasteiger partial charge in [-0.15, -0.1) is 0 Å². The van der Waals surface area contributed by atoms with Crippen LogP contribution in [0, 0.1) is 0 Å². The molecule has 0 atom stereocenters. The van der Waals surface area contributed by atoms with Gasteiger partial charge < -0.3 is 5.32 Å². The van der Waals surface area contributed by atoms with Gasteiger partial charge in [-0.2, -0.15) is 0 Å². The topological polar surface area (TPSA) is 45.2 Å². The van der Waals surface area contributed by atoms with Crippen LogP contribution < -0.4 is 10.2 Å². The highest BCUT2D eigenvalue weighted by Crippen LogP contribution is 2.36. The molecule has 0 bridgehead atoms. The quantitative estimate of drug-likeness (QED) is 0.582. The van der Waals surface area contributed by atoms with Crippen LogP contribution >= 0.6 is 11.6 Å². The van der Waals surface area contributed by atoms with Crippen LogP contribution in [0.4, 0.5) is 22.0 Å². The highest BCUT2D eigenvalue weighted by molar-refractivity contribution is 6.67. The van der Waals surface area contributed by atoms with Gasteiger partial charge >= 0.3 is 5.37 Å². The smallest absolute Gasteiger partial charge is 0.326 e. The summed E-state index contributed by atoms with van der Waals surface area (Å²) in [6.45, 7) is 0.634. The van der Waals surface area contributed by atoms with E-state index in [9.17, 15) is 4.79 Å². The molecular weight excluding hydrogens is 250 g/mol. The molecule has 4 nitrogen and oxygen atoms in total. The predicted octanol–water partition coefficient (Wildman–Crippen LogP) is 3.50. The second kappa shape index (κ2) is 4.31. The molecule has 0 saturated carbocycles. The van der Waals surface area contributed by atoms with E-state index < -0.39 is 5.37 Å². The lowest BCUT2D eigenvalue weighted by atomic mass is 10.1. The fraction of sp³-hybridized carbons (Fsp3) is 0.0769. The van der Waals surface area contributed by atoms with E-state index in [4.69, 9.17) is 11.6 Å². The third-order valence-electron chi connectivity index (χ3n) is 2.88. The maximum atomic E-state index is 11.7. The lowest BCUT2D eigenvalue weighted by Crippen LogP contribution is -2.21. The summed E-state index contributed by atoms with van der Waals surface area (Å²) in [5.41, 5.74) is 2.56. The number of para-hydroxylation sites is 1. The van der Waals surface area contributed by atoms with E-state index in [-0.39, 0.29) is 0 Å². The van der Waals surface area contributed by atoms with E-state index in [1.54, 1.807) is 6.20 Å². The molecule has 3 rings (SSSR count). The Kier molecular flexibility index (Phi) is 2.64. The van der Waals surface area contributed by atoms with Gasteiger partial charge in [0.2, 0.25) is 0 Å². The first kappa shape index (κ1) is 11.0. The number of anilines is 3. The first-order chi connectivity index (χ1) is 8.77. The van der Waals surface area contributed by atoms with Crippen molar-refractivity contribution >= 4 is 34.2 Å². The normalized spacial score (nSPS) is 13.1. The molecule has 0 spiro atoms. The Hall–Kier alpha value is -2.07. The molecule has 1 aliphatic heterocycles. The molecule has 90 valence electrons. The maximum Gasteiger partial charge on any atom is 0.326 e. The van der Waals surface area contributed by atoms with Gasteiger partial charge in [-0.25, -0.2) is 9.88 Å². The Labute approximate surface area is 109 Å². The number of rotatable bonds is 0. The minimum Gasteiger partial charge on any atom is -0.378 e. The van der Waals surface area contributed by atoms with Crippen LogP contribution in [0.15, 0.2) is 42.6 Å². The van der Waals surface area contributed by atoms with Crippen molar-refractivity contribution < 1.29 is 4.79 Å². The molecule has 1 amide bonds. The Morgan fingerprint density at radius 1 is 1.28 bits per heavy atom. The Morgan fingerprint density at radius 2 is 2.11 bits per heavy atom. The highest BCUT2D eigenvalue weighted by Gasteiger charge is 2.25. The van der Waals surface area contributed by atoms with Crippen molar-refractivity contribution in [2.45, 2.75) is 6.54 Å². The summed E-state index contributed by atoms with van der Waals surface area (Å²) in [6, 6.07) is 11.3. The van der Waals surface area contributed by atoms with Crippen molar-refractivity contribution in [3.63, 3.8) is 0 Å². The van der Waals surface area contributed by atoms with Gasteiger partial charge in [0, 0.05) is 12.7 Å². The van der Waals surface area contributed by atoms with Crippen molar-refractivity contribution in [2.24, 2.45) is 0 Å². The molecule has 2 heterocycles.